The Morgan fingerprint density at radius 3 is 1.62 bits per heavy atom. The van der Waals surface area contributed by atoms with Crippen molar-refractivity contribution >= 4 is 43.4 Å². The van der Waals surface area contributed by atoms with E-state index in [1.807, 2.05) is 36.5 Å². The Labute approximate surface area is 243 Å². The number of rotatable bonds is 3. The van der Waals surface area contributed by atoms with Crippen molar-refractivity contribution in [2.24, 2.45) is 0 Å². The van der Waals surface area contributed by atoms with Crippen LogP contribution in [0.3, 0.4) is 0 Å². The van der Waals surface area contributed by atoms with Crippen LogP contribution < -0.4 is 0 Å². The molecule has 0 saturated carbocycles. The molecule has 0 saturated heterocycles. The van der Waals surface area contributed by atoms with Crippen molar-refractivity contribution in [3.63, 3.8) is 0 Å². The van der Waals surface area contributed by atoms with Gasteiger partial charge in [0, 0.05) is 22.5 Å². The fraction of sp³-hybridized carbons (Fsp3) is 0. The third kappa shape index (κ3) is 3.98. The lowest BCUT2D eigenvalue weighted by Crippen LogP contribution is -1.94. The lowest BCUT2D eigenvalue weighted by molar-refractivity contribution is 1.37. The summed E-state index contributed by atoms with van der Waals surface area (Å²) in [7, 11) is 0. The first kappa shape index (κ1) is 24.0. The van der Waals surface area contributed by atoms with Crippen molar-refractivity contribution in [2.75, 3.05) is 0 Å². The number of hydrogen-bond acceptors (Lipinski definition) is 3. The van der Waals surface area contributed by atoms with E-state index in [9.17, 15) is 5.26 Å². The zero-order chi connectivity index (χ0) is 28.0. The SMILES string of the molecule is N#Cc1ccc(-c2cc3ccccc3cc2-c2cc3ccccc3cc2-c2ccc3ccc4cccnc4c3n2)cc1. The van der Waals surface area contributed by atoms with Gasteiger partial charge in [-0.2, -0.15) is 5.26 Å². The molecule has 0 spiro atoms. The molecule has 8 aromatic rings. The molecule has 0 fully saturated rings. The normalized spacial score (nSPS) is 11.3. The van der Waals surface area contributed by atoms with Crippen molar-refractivity contribution in [3.8, 4) is 39.6 Å². The Kier molecular flexibility index (Phi) is 5.52. The van der Waals surface area contributed by atoms with Gasteiger partial charge in [0.05, 0.1) is 28.4 Å². The van der Waals surface area contributed by atoms with Crippen LogP contribution >= 0.6 is 0 Å². The quantitative estimate of drug-likeness (QED) is 0.212. The summed E-state index contributed by atoms with van der Waals surface area (Å²) in [5.41, 5.74) is 8.83. The van der Waals surface area contributed by atoms with Crippen LogP contribution in [0, 0.1) is 11.3 Å². The van der Waals surface area contributed by atoms with Gasteiger partial charge in [-0.3, -0.25) is 4.98 Å². The molecule has 3 nitrogen and oxygen atoms in total. The maximum Gasteiger partial charge on any atom is 0.0991 e. The second-order valence-corrected chi connectivity index (χ2v) is 10.6. The van der Waals surface area contributed by atoms with E-state index in [1.54, 1.807) is 0 Å². The van der Waals surface area contributed by atoms with Gasteiger partial charge in [-0.25, -0.2) is 4.98 Å². The average molecular weight is 534 g/mol. The van der Waals surface area contributed by atoms with Gasteiger partial charge in [0.1, 0.15) is 0 Å². The standard InChI is InChI=1S/C39H23N3/c40-24-25-11-13-26(14-12-25)33-20-29-6-1-2-7-30(29)21-34(33)35-22-31-8-3-4-9-32(31)23-36(35)37-18-17-28-16-15-27-10-5-19-41-38(27)39(28)42-37/h1-23H. The van der Waals surface area contributed by atoms with Crippen LogP contribution in [0.15, 0.2) is 140 Å². The second-order valence-electron chi connectivity index (χ2n) is 10.6. The van der Waals surface area contributed by atoms with Crippen LogP contribution in [0.5, 0.6) is 0 Å². The monoisotopic (exact) mass is 533 g/mol. The van der Waals surface area contributed by atoms with Crippen LogP contribution in [0.4, 0.5) is 0 Å². The smallest absolute Gasteiger partial charge is 0.0991 e. The summed E-state index contributed by atoms with van der Waals surface area (Å²) in [6.45, 7) is 0. The fourth-order valence-corrected chi connectivity index (χ4v) is 5.98. The Balaban J connectivity index is 1.45. The number of pyridine rings is 2. The topological polar surface area (TPSA) is 49.6 Å². The summed E-state index contributed by atoms with van der Waals surface area (Å²) in [6.07, 6.45) is 1.83. The first-order chi connectivity index (χ1) is 20.7. The molecule has 0 amide bonds. The molecule has 3 heteroatoms. The van der Waals surface area contributed by atoms with Crippen LogP contribution in [-0.2, 0) is 0 Å². The van der Waals surface area contributed by atoms with Crippen molar-refractivity contribution in [1.29, 1.82) is 5.26 Å². The molecular formula is C39H23N3. The van der Waals surface area contributed by atoms with Gasteiger partial charge in [-0.05, 0) is 92.3 Å². The highest BCUT2D eigenvalue weighted by molar-refractivity contribution is 6.06. The largest absolute Gasteiger partial charge is 0.254 e. The van der Waals surface area contributed by atoms with Crippen molar-refractivity contribution in [2.45, 2.75) is 0 Å². The molecule has 0 aliphatic heterocycles. The minimum atomic E-state index is 0.647. The summed E-state index contributed by atoms with van der Waals surface area (Å²) in [5.74, 6) is 0. The molecule has 0 N–H and O–H groups in total. The highest BCUT2D eigenvalue weighted by Gasteiger charge is 2.17. The number of aromatic nitrogens is 2. The van der Waals surface area contributed by atoms with Gasteiger partial charge >= 0.3 is 0 Å². The zero-order valence-electron chi connectivity index (χ0n) is 22.6. The van der Waals surface area contributed by atoms with Crippen LogP contribution in [0.2, 0.25) is 0 Å². The number of benzene rings is 6. The van der Waals surface area contributed by atoms with Gasteiger partial charge in [-0.1, -0.05) is 84.9 Å². The van der Waals surface area contributed by atoms with Gasteiger partial charge in [0.2, 0.25) is 0 Å². The molecule has 8 rings (SSSR count). The van der Waals surface area contributed by atoms with Crippen LogP contribution in [0.1, 0.15) is 5.56 Å². The molecular weight excluding hydrogens is 510 g/mol. The average Bonchev–Trinajstić information content (AvgIpc) is 3.07. The van der Waals surface area contributed by atoms with Crippen molar-refractivity contribution < 1.29 is 0 Å². The molecule has 2 heterocycles. The molecule has 0 atom stereocenters. The number of nitriles is 1. The Morgan fingerprint density at radius 2 is 0.976 bits per heavy atom. The van der Waals surface area contributed by atoms with E-state index in [4.69, 9.17) is 9.97 Å². The Hall–Kier alpha value is -5.85. The van der Waals surface area contributed by atoms with E-state index < -0.39 is 0 Å². The number of nitrogens with zero attached hydrogens (tertiary/aromatic N) is 3. The minimum Gasteiger partial charge on any atom is -0.254 e. The van der Waals surface area contributed by atoms with Gasteiger partial charge in [-0.15, -0.1) is 0 Å². The minimum absolute atomic E-state index is 0.647. The molecule has 0 aliphatic carbocycles. The second kappa shape index (κ2) is 9.66. The van der Waals surface area contributed by atoms with E-state index in [0.717, 1.165) is 60.7 Å². The maximum absolute atomic E-state index is 9.42. The highest BCUT2D eigenvalue weighted by atomic mass is 14.8. The van der Waals surface area contributed by atoms with E-state index in [1.165, 1.54) is 16.2 Å². The Morgan fingerprint density at radius 1 is 0.452 bits per heavy atom. The van der Waals surface area contributed by atoms with E-state index >= 15 is 0 Å². The van der Waals surface area contributed by atoms with Crippen molar-refractivity contribution in [1.82, 2.24) is 9.97 Å². The van der Waals surface area contributed by atoms with Crippen molar-refractivity contribution in [3.05, 3.63) is 145 Å². The number of fused-ring (bicyclic) bond motifs is 5. The number of hydrogen-bond donors (Lipinski definition) is 0. The van der Waals surface area contributed by atoms with Gasteiger partial charge in [0.25, 0.3) is 0 Å². The predicted molar refractivity (Wildman–Crippen MR) is 173 cm³/mol. The van der Waals surface area contributed by atoms with Crippen LogP contribution in [-0.4, -0.2) is 9.97 Å². The van der Waals surface area contributed by atoms with E-state index in [2.05, 4.69) is 109 Å². The summed E-state index contributed by atoms with van der Waals surface area (Å²) in [6, 6.07) is 48.7. The molecule has 6 aromatic carbocycles. The molecule has 0 unspecified atom stereocenters. The summed E-state index contributed by atoms with van der Waals surface area (Å²) >= 11 is 0. The zero-order valence-corrected chi connectivity index (χ0v) is 22.6. The van der Waals surface area contributed by atoms with Gasteiger partial charge in [0.15, 0.2) is 0 Å². The van der Waals surface area contributed by atoms with Gasteiger partial charge < -0.3 is 0 Å². The Bertz CT molecular complexity index is 2360. The third-order valence-electron chi connectivity index (χ3n) is 8.09. The summed E-state index contributed by atoms with van der Waals surface area (Å²) in [5, 5.41) is 16.2. The van der Waals surface area contributed by atoms with E-state index in [0.29, 0.717) is 5.56 Å². The lowest BCUT2D eigenvalue weighted by Gasteiger charge is -2.18. The molecule has 0 bridgehead atoms. The first-order valence-electron chi connectivity index (χ1n) is 14.0. The lowest BCUT2D eigenvalue weighted by atomic mass is 9.87. The van der Waals surface area contributed by atoms with E-state index in [-0.39, 0.29) is 0 Å². The molecule has 0 aliphatic rings. The summed E-state index contributed by atoms with van der Waals surface area (Å²) in [4.78, 5) is 9.95. The molecule has 0 radical (unpaired) electrons. The molecule has 2 aromatic heterocycles. The highest BCUT2D eigenvalue weighted by Crippen LogP contribution is 2.42. The predicted octanol–water partition coefficient (Wildman–Crippen LogP) is 9.96. The van der Waals surface area contributed by atoms with Crippen LogP contribution in [0.25, 0.3) is 76.9 Å². The summed E-state index contributed by atoms with van der Waals surface area (Å²) < 4.78 is 0. The molecule has 42 heavy (non-hydrogen) atoms. The first-order valence-corrected chi connectivity index (χ1v) is 14.0. The third-order valence-corrected chi connectivity index (χ3v) is 8.09. The fourth-order valence-electron chi connectivity index (χ4n) is 5.98. The molecule has 194 valence electrons. The maximum atomic E-state index is 9.42.